The van der Waals surface area contributed by atoms with E-state index >= 15 is 0 Å². The van der Waals surface area contributed by atoms with E-state index in [9.17, 15) is 10.2 Å². The van der Waals surface area contributed by atoms with Crippen LogP contribution in [0.15, 0.2) is 0 Å². The van der Waals surface area contributed by atoms with Crippen molar-refractivity contribution in [1.82, 2.24) is 0 Å². The minimum Gasteiger partial charge on any atom is -0.390 e. The van der Waals surface area contributed by atoms with Gasteiger partial charge >= 0.3 is 0 Å². The number of hydrogen-bond donors (Lipinski definition) is 2. The van der Waals surface area contributed by atoms with E-state index in [1.54, 1.807) is 18.9 Å². The third-order valence-electron chi connectivity index (χ3n) is 2.09. The fraction of sp³-hybridized carbons (Fsp3) is 1.00. The van der Waals surface area contributed by atoms with Crippen LogP contribution in [0.2, 0.25) is 0 Å². The standard InChI is InChI=1S/C8H16O3S/c1-11-4-2-3-7-8(10)6(9)5-12-7/h6-10H,2-5H2,1H3/t6?,7-,8?/m0/s1. The number of ether oxygens (including phenoxy) is 1. The number of hydrogen-bond acceptors (Lipinski definition) is 4. The smallest absolute Gasteiger partial charge is 0.0925 e. The predicted octanol–water partition coefficient (Wildman–Crippen LogP) is 0.250. The molecule has 0 saturated carbocycles. The van der Waals surface area contributed by atoms with Crippen molar-refractivity contribution in [3.05, 3.63) is 0 Å². The molecule has 3 atom stereocenters. The lowest BCUT2D eigenvalue weighted by Crippen LogP contribution is -2.29. The van der Waals surface area contributed by atoms with Crippen molar-refractivity contribution in [2.45, 2.75) is 30.3 Å². The lowest BCUT2D eigenvalue weighted by molar-refractivity contribution is 0.0394. The van der Waals surface area contributed by atoms with Crippen LogP contribution < -0.4 is 0 Å². The van der Waals surface area contributed by atoms with Gasteiger partial charge in [-0.1, -0.05) is 0 Å². The summed E-state index contributed by atoms with van der Waals surface area (Å²) in [5, 5.41) is 18.9. The highest BCUT2D eigenvalue weighted by atomic mass is 32.2. The van der Waals surface area contributed by atoms with Gasteiger partial charge in [0.05, 0.1) is 12.2 Å². The second-order valence-corrected chi connectivity index (χ2v) is 4.34. The molecule has 1 saturated heterocycles. The second-order valence-electron chi connectivity index (χ2n) is 3.06. The number of aliphatic hydroxyl groups is 2. The molecule has 1 heterocycles. The van der Waals surface area contributed by atoms with Gasteiger partial charge in [-0.3, -0.25) is 0 Å². The Morgan fingerprint density at radius 2 is 2.25 bits per heavy atom. The summed E-state index contributed by atoms with van der Waals surface area (Å²) in [4.78, 5) is 0. The summed E-state index contributed by atoms with van der Waals surface area (Å²) in [6.45, 7) is 0.736. The van der Waals surface area contributed by atoms with Gasteiger partial charge in [0.1, 0.15) is 0 Å². The summed E-state index contributed by atoms with van der Waals surface area (Å²) >= 11 is 1.65. The molecule has 2 N–H and O–H groups in total. The van der Waals surface area contributed by atoms with Crippen molar-refractivity contribution in [3.63, 3.8) is 0 Å². The van der Waals surface area contributed by atoms with Crippen LogP contribution in [0.5, 0.6) is 0 Å². The van der Waals surface area contributed by atoms with Gasteiger partial charge in [-0.2, -0.15) is 11.8 Å². The van der Waals surface area contributed by atoms with E-state index in [0.717, 1.165) is 19.4 Å². The Hall–Kier alpha value is 0.230. The quantitative estimate of drug-likeness (QED) is 0.627. The summed E-state index contributed by atoms with van der Waals surface area (Å²) in [5.74, 6) is 0.665. The Morgan fingerprint density at radius 1 is 1.50 bits per heavy atom. The first-order chi connectivity index (χ1) is 5.75. The molecule has 0 radical (unpaired) electrons. The van der Waals surface area contributed by atoms with Gasteiger partial charge in [-0.25, -0.2) is 0 Å². The lowest BCUT2D eigenvalue weighted by atomic mass is 10.1. The molecule has 3 nitrogen and oxygen atoms in total. The van der Waals surface area contributed by atoms with E-state index in [1.165, 1.54) is 0 Å². The molecule has 0 aromatic carbocycles. The van der Waals surface area contributed by atoms with Crippen LogP contribution >= 0.6 is 11.8 Å². The summed E-state index contributed by atoms with van der Waals surface area (Å²) in [5.41, 5.74) is 0. The molecule has 0 spiro atoms. The van der Waals surface area contributed by atoms with Gasteiger partial charge in [0, 0.05) is 24.7 Å². The topological polar surface area (TPSA) is 49.7 Å². The number of methoxy groups -OCH3 is 1. The average molecular weight is 192 g/mol. The zero-order valence-electron chi connectivity index (χ0n) is 7.27. The summed E-state index contributed by atoms with van der Waals surface area (Å²) < 4.78 is 4.91. The molecule has 0 aliphatic carbocycles. The Labute approximate surface area is 77.1 Å². The van der Waals surface area contributed by atoms with E-state index in [2.05, 4.69) is 0 Å². The maximum atomic E-state index is 9.45. The Bertz CT molecular complexity index is 131. The van der Waals surface area contributed by atoms with Crippen LogP contribution in [-0.4, -0.2) is 47.1 Å². The molecule has 4 heteroatoms. The largest absolute Gasteiger partial charge is 0.390 e. The Morgan fingerprint density at radius 3 is 2.75 bits per heavy atom. The van der Waals surface area contributed by atoms with Crippen LogP contribution in [0, 0.1) is 0 Å². The normalized spacial score (nSPS) is 35.8. The van der Waals surface area contributed by atoms with Gasteiger partial charge in [-0.05, 0) is 12.8 Å². The minimum absolute atomic E-state index is 0.204. The van der Waals surface area contributed by atoms with Crippen molar-refractivity contribution < 1.29 is 14.9 Å². The molecule has 2 unspecified atom stereocenters. The summed E-state index contributed by atoms with van der Waals surface area (Å²) in [7, 11) is 1.67. The van der Waals surface area contributed by atoms with Gasteiger partial charge in [0.2, 0.25) is 0 Å². The molecule has 0 aromatic heterocycles. The van der Waals surface area contributed by atoms with E-state index in [0.29, 0.717) is 5.75 Å². The summed E-state index contributed by atoms with van der Waals surface area (Å²) in [6.07, 6.45) is 0.823. The second kappa shape index (κ2) is 5.07. The molecule has 1 aliphatic heterocycles. The molecule has 0 bridgehead atoms. The SMILES string of the molecule is COCCC[C@@H]1SCC(O)C1O. The maximum absolute atomic E-state index is 9.45. The van der Waals surface area contributed by atoms with E-state index < -0.39 is 12.2 Å². The van der Waals surface area contributed by atoms with Crippen LogP contribution in [0.3, 0.4) is 0 Å². The Kier molecular flexibility index (Phi) is 4.35. The van der Waals surface area contributed by atoms with E-state index in [4.69, 9.17) is 4.74 Å². The van der Waals surface area contributed by atoms with Crippen LogP contribution in [0.1, 0.15) is 12.8 Å². The molecular formula is C8H16O3S. The maximum Gasteiger partial charge on any atom is 0.0925 e. The first-order valence-electron chi connectivity index (χ1n) is 4.22. The fourth-order valence-electron chi connectivity index (χ4n) is 1.35. The first kappa shape index (κ1) is 10.3. The fourth-order valence-corrected chi connectivity index (χ4v) is 2.70. The van der Waals surface area contributed by atoms with Gasteiger partial charge in [0.15, 0.2) is 0 Å². The third-order valence-corrected chi connectivity index (χ3v) is 3.57. The highest BCUT2D eigenvalue weighted by Gasteiger charge is 2.33. The number of rotatable bonds is 4. The van der Waals surface area contributed by atoms with E-state index in [1.807, 2.05) is 0 Å². The van der Waals surface area contributed by atoms with Crippen LogP contribution in [0.4, 0.5) is 0 Å². The van der Waals surface area contributed by atoms with Crippen molar-refractivity contribution >= 4 is 11.8 Å². The highest BCUT2D eigenvalue weighted by Crippen LogP contribution is 2.30. The zero-order chi connectivity index (χ0) is 8.97. The zero-order valence-corrected chi connectivity index (χ0v) is 8.09. The van der Waals surface area contributed by atoms with Crippen molar-refractivity contribution in [2.24, 2.45) is 0 Å². The Balaban J connectivity index is 2.16. The molecule has 0 amide bonds. The van der Waals surface area contributed by atoms with Crippen LogP contribution in [-0.2, 0) is 4.74 Å². The first-order valence-corrected chi connectivity index (χ1v) is 5.27. The minimum atomic E-state index is -0.535. The lowest BCUT2D eigenvalue weighted by Gasteiger charge is -2.14. The van der Waals surface area contributed by atoms with Gasteiger partial charge in [0.25, 0.3) is 0 Å². The van der Waals surface area contributed by atoms with Gasteiger partial charge < -0.3 is 14.9 Å². The third kappa shape index (κ3) is 2.62. The number of aliphatic hydroxyl groups excluding tert-OH is 2. The predicted molar refractivity (Wildman–Crippen MR) is 49.4 cm³/mol. The highest BCUT2D eigenvalue weighted by molar-refractivity contribution is 8.00. The van der Waals surface area contributed by atoms with Crippen molar-refractivity contribution in [1.29, 1.82) is 0 Å². The summed E-state index contributed by atoms with van der Waals surface area (Å²) in [6, 6.07) is 0. The molecule has 1 aliphatic rings. The monoisotopic (exact) mass is 192 g/mol. The molecule has 12 heavy (non-hydrogen) atoms. The van der Waals surface area contributed by atoms with Crippen molar-refractivity contribution in [3.8, 4) is 0 Å². The molecule has 72 valence electrons. The van der Waals surface area contributed by atoms with Crippen molar-refractivity contribution in [2.75, 3.05) is 19.5 Å². The molecule has 1 rings (SSSR count). The molecule has 1 fully saturated rings. The molecular weight excluding hydrogens is 176 g/mol. The van der Waals surface area contributed by atoms with E-state index in [-0.39, 0.29) is 5.25 Å². The molecule has 0 aromatic rings. The van der Waals surface area contributed by atoms with Crippen LogP contribution in [0.25, 0.3) is 0 Å². The average Bonchev–Trinajstić information content (AvgIpc) is 2.36. The van der Waals surface area contributed by atoms with Gasteiger partial charge in [-0.15, -0.1) is 0 Å². The number of thioether (sulfide) groups is 1.